The average molecular weight is 399 g/mol. The van der Waals surface area contributed by atoms with E-state index in [4.69, 9.17) is 15.2 Å². The van der Waals surface area contributed by atoms with Crippen LogP contribution in [0, 0.1) is 0 Å². The minimum atomic E-state index is 0.0673. The molecule has 0 spiro atoms. The molecule has 124 valence electrons. The summed E-state index contributed by atoms with van der Waals surface area (Å²) in [5.41, 5.74) is 9.27. The van der Waals surface area contributed by atoms with Gasteiger partial charge in [-0.2, -0.15) is 5.10 Å². The Morgan fingerprint density at radius 2 is 2.22 bits per heavy atom. The van der Waals surface area contributed by atoms with Gasteiger partial charge in [0.05, 0.1) is 18.9 Å². The average Bonchev–Trinajstić information content (AvgIpc) is 2.88. The fourth-order valence-electron chi connectivity index (χ4n) is 1.76. The predicted octanol–water partition coefficient (Wildman–Crippen LogP) is 4.12. The van der Waals surface area contributed by atoms with Crippen LogP contribution < -0.4 is 20.6 Å². The van der Waals surface area contributed by atoms with Crippen LogP contribution in [0.5, 0.6) is 11.5 Å². The summed E-state index contributed by atoms with van der Waals surface area (Å²) in [7, 11) is 0. The zero-order chi connectivity index (χ0) is 16.8. The quantitative estimate of drug-likeness (QED) is 0.541. The molecule has 0 saturated heterocycles. The van der Waals surface area contributed by atoms with E-state index < -0.39 is 0 Å². The Bertz CT molecular complexity index is 688. The van der Waals surface area contributed by atoms with Gasteiger partial charge in [-0.15, -0.1) is 11.3 Å². The van der Waals surface area contributed by atoms with Crippen LogP contribution in [0.1, 0.15) is 26.3 Å². The van der Waals surface area contributed by atoms with Crippen molar-refractivity contribution in [3.05, 3.63) is 27.5 Å². The molecular weight excluding hydrogens is 380 g/mol. The van der Waals surface area contributed by atoms with Crippen LogP contribution in [0.2, 0.25) is 0 Å². The topological polar surface area (TPSA) is 81.8 Å². The van der Waals surface area contributed by atoms with Crippen molar-refractivity contribution in [1.82, 2.24) is 4.98 Å². The van der Waals surface area contributed by atoms with Gasteiger partial charge in [0.1, 0.15) is 5.82 Å². The maximum absolute atomic E-state index is 5.77. The number of rotatable bonds is 7. The van der Waals surface area contributed by atoms with E-state index in [1.54, 1.807) is 11.6 Å². The van der Waals surface area contributed by atoms with Crippen molar-refractivity contribution in [2.75, 3.05) is 17.8 Å². The maximum Gasteiger partial charge on any atom is 0.205 e. The number of nitrogens with one attached hydrogen (secondary N) is 1. The fourth-order valence-corrected chi connectivity index (χ4v) is 2.73. The van der Waals surface area contributed by atoms with Crippen molar-refractivity contribution in [1.29, 1.82) is 0 Å². The normalized spacial score (nSPS) is 11.2. The van der Waals surface area contributed by atoms with E-state index in [9.17, 15) is 0 Å². The SMILES string of the molecule is CCOc1cc(C=NNc2nc(N)cs2)c(Br)cc1OC(C)C. The number of aromatic nitrogens is 1. The number of hydrogen-bond acceptors (Lipinski definition) is 7. The lowest BCUT2D eigenvalue weighted by Crippen LogP contribution is -2.08. The molecule has 0 radical (unpaired) electrons. The Kier molecular flexibility index (Phi) is 6.23. The van der Waals surface area contributed by atoms with Crippen molar-refractivity contribution in [3.8, 4) is 11.5 Å². The number of thiazole rings is 1. The summed E-state index contributed by atoms with van der Waals surface area (Å²) in [6.07, 6.45) is 1.75. The lowest BCUT2D eigenvalue weighted by molar-refractivity contribution is 0.223. The molecule has 6 nitrogen and oxygen atoms in total. The molecule has 3 N–H and O–H groups in total. The van der Waals surface area contributed by atoms with Crippen LogP contribution in [0.3, 0.4) is 0 Å². The lowest BCUT2D eigenvalue weighted by atomic mass is 10.2. The largest absolute Gasteiger partial charge is 0.490 e. The molecule has 0 saturated carbocycles. The summed E-state index contributed by atoms with van der Waals surface area (Å²) >= 11 is 4.92. The molecule has 2 rings (SSSR count). The fraction of sp³-hybridized carbons (Fsp3) is 0.333. The molecule has 0 aliphatic heterocycles. The second-order valence-corrected chi connectivity index (χ2v) is 6.58. The minimum Gasteiger partial charge on any atom is -0.490 e. The molecule has 0 fully saturated rings. The number of anilines is 2. The van der Waals surface area contributed by atoms with Crippen LogP contribution >= 0.6 is 27.3 Å². The summed E-state index contributed by atoms with van der Waals surface area (Å²) in [6.45, 7) is 6.44. The van der Waals surface area contributed by atoms with Gasteiger partial charge in [-0.05, 0) is 48.8 Å². The van der Waals surface area contributed by atoms with Gasteiger partial charge < -0.3 is 15.2 Å². The molecule has 23 heavy (non-hydrogen) atoms. The summed E-state index contributed by atoms with van der Waals surface area (Å²) in [5.74, 6) is 1.86. The van der Waals surface area contributed by atoms with E-state index >= 15 is 0 Å². The maximum atomic E-state index is 5.77. The van der Waals surface area contributed by atoms with Crippen molar-refractivity contribution in [2.45, 2.75) is 26.9 Å². The Hall–Kier alpha value is -1.80. The molecule has 1 heterocycles. The molecule has 0 unspecified atom stereocenters. The molecule has 1 aromatic carbocycles. The number of nitrogens with zero attached hydrogens (tertiary/aromatic N) is 2. The molecule has 0 bridgehead atoms. The molecule has 0 amide bonds. The molecule has 0 aliphatic rings. The Morgan fingerprint density at radius 1 is 1.43 bits per heavy atom. The highest BCUT2D eigenvalue weighted by Gasteiger charge is 2.11. The van der Waals surface area contributed by atoms with E-state index in [0.717, 1.165) is 10.0 Å². The van der Waals surface area contributed by atoms with Gasteiger partial charge in [0.25, 0.3) is 0 Å². The first-order chi connectivity index (χ1) is 11.0. The molecule has 0 atom stereocenters. The van der Waals surface area contributed by atoms with Gasteiger partial charge in [-0.1, -0.05) is 0 Å². The third-order valence-corrected chi connectivity index (χ3v) is 4.06. The Labute approximate surface area is 147 Å². The van der Waals surface area contributed by atoms with E-state index in [1.165, 1.54) is 11.3 Å². The highest BCUT2D eigenvalue weighted by Crippen LogP contribution is 2.34. The smallest absolute Gasteiger partial charge is 0.205 e. The monoisotopic (exact) mass is 398 g/mol. The van der Waals surface area contributed by atoms with Gasteiger partial charge in [0, 0.05) is 15.4 Å². The molecule has 0 aliphatic carbocycles. The number of ether oxygens (including phenoxy) is 2. The number of benzene rings is 1. The van der Waals surface area contributed by atoms with E-state index in [-0.39, 0.29) is 6.10 Å². The highest BCUT2D eigenvalue weighted by molar-refractivity contribution is 9.10. The Balaban J connectivity index is 2.18. The van der Waals surface area contributed by atoms with Gasteiger partial charge >= 0.3 is 0 Å². The van der Waals surface area contributed by atoms with E-state index in [1.807, 2.05) is 32.9 Å². The first-order valence-electron chi connectivity index (χ1n) is 7.12. The van der Waals surface area contributed by atoms with Crippen LogP contribution in [-0.4, -0.2) is 23.9 Å². The van der Waals surface area contributed by atoms with Crippen LogP contribution in [0.25, 0.3) is 0 Å². The van der Waals surface area contributed by atoms with Crippen LogP contribution in [0.4, 0.5) is 10.9 Å². The summed E-state index contributed by atoms with van der Waals surface area (Å²) in [4.78, 5) is 4.07. The summed E-state index contributed by atoms with van der Waals surface area (Å²) in [6, 6.07) is 3.76. The van der Waals surface area contributed by atoms with E-state index in [2.05, 4.69) is 31.4 Å². The summed E-state index contributed by atoms with van der Waals surface area (Å²) in [5, 5.41) is 6.56. The standard InChI is InChI=1S/C15H19BrN4O2S/c1-4-21-12-5-10(11(16)6-13(12)22-9(2)3)7-18-20-15-19-14(17)8-23-15/h5-9H,4,17H2,1-3H3,(H,19,20). The van der Waals surface area contributed by atoms with Crippen molar-refractivity contribution < 1.29 is 9.47 Å². The first kappa shape index (κ1) is 17.6. The first-order valence-corrected chi connectivity index (χ1v) is 8.80. The molecular formula is C15H19BrN4O2S. The molecule has 1 aromatic heterocycles. The second kappa shape index (κ2) is 8.16. The zero-order valence-corrected chi connectivity index (χ0v) is 15.6. The number of nitrogen functional groups attached to an aromatic ring is 1. The summed E-state index contributed by atoms with van der Waals surface area (Å²) < 4.78 is 12.3. The van der Waals surface area contributed by atoms with Crippen LogP contribution in [-0.2, 0) is 0 Å². The highest BCUT2D eigenvalue weighted by atomic mass is 79.9. The number of nitrogens with two attached hydrogens (primary N) is 1. The van der Waals surface area contributed by atoms with Crippen LogP contribution in [0.15, 0.2) is 27.1 Å². The molecule has 2 aromatic rings. The number of halogens is 1. The second-order valence-electron chi connectivity index (χ2n) is 4.87. The van der Waals surface area contributed by atoms with Gasteiger partial charge in [-0.25, -0.2) is 4.98 Å². The van der Waals surface area contributed by atoms with Crippen molar-refractivity contribution >= 4 is 44.4 Å². The third kappa shape index (κ3) is 5.11. The van der Waals surface area contributed by atoms with E-state index in [0.29, 0.717) is 29.1 Å². The lowest BCUT2D eigenvalue weighted by Gasteiger charge is -2.15. The van der Waals surface area contributed by atoms with Gasteiger partial charge in [-0.3, -0.25) is 5.43 Å². The zero-order valence-electron chi connectivity index (χ0n) is 13.2. The predicted molar refractivity (Wildman–Crippen MR) is 98.8 cm³/mol. The van der Waals surface area contributed by atoms with Gasteiger partial charge in [0.2, 0.25) is 5.13 Å². The van der Waals surface area contributed by atoms with Gasteiger partial charge in [0.15, 0.2) is 11.5 Å². The number of hydrazone groups is 1. The third-order valence-electron chi connectivity index (χ3n) is 2.61. The minimum absolute atomic E-state index is 0.0673. The van der Waals surface area contributed by atoms with Crippen molar-refractivity contribution in [2.24, 2.45) is 5.10 Å². The van der Waals surface area contributed by atoms with Crippen molar-refractivity contribution in [3.63, 3.8) is 0 Å². The molecule has 8 heteroatoms. The Morgan fingerprint density at radius 3 is 2.83 bits per heavy atom. The number of hydrogen-bond donors (Lipinski definition) is 2.